The largest absolute Gasteiger partial charge is 0.279 e. The lowest BCUT2D eigenvalue weighted by Crippen LogP contribution is -2.21. The molecule has 0 aliphatic rings. The van der Waals surface area contributed by atoms with Gasteiger partial charge in [0, 0.05) is 5.39 Å². The van der Waals surface area contributed by atoms with Crippen LogP contribution in [-0.2, 0) is 0 Å². The highest BCUT2D eigenvalue weighted by Crippen LogP contribution is 2.12. The van der Waals surface area contributed by atoms with E-state index >= 15 is 0 Å². The van der Waals surface area contributed by atoms with Crippen LogP contribution in [0.25, 0.3) is 16.5 Å². The number of hydrogen-bond donors (Lipinski definition) is 0. The molecule has 1 aromatic carbocycles. The van der Waals surface area contributed by atoms with E-state index in [4.69, 9.17) is 0 Å². The second kappa shape index (κ2) is 4.55. The summed E-state index contributed by atoms with van der Waals surface area (Å²) in [5, 5.41) is 4.92. The van der Waals surface area contributed by atoms with Crippen LogP contribution in [0, 0.1) is 5.82 Å². The lowest BCUT2D eigenvalue weighted by atomic mass is 10.2. The van der Waals surface area contributed by atoms with Crippen molar-refractivity contribution in [2.45, 2.75) is 0 Å². The number of benzene rings is 1. The molecule has 0 aliphatic carbocycles. The average molecular weight is 320 g/mol. The Labute approximate surface area is 115 Å². The van der Waals surface area contributed by atoms with Crippen molar-refractivity contribution in [1.29, 1.82) is 0 Å². The minimum Gasteiger partial charge on any atom is -0.267 e. The quantitative estimate of drug-likeness (QED) is 0.648. The molecule has 0 atom stereocenters. The number of rotatable bonds is 1. The Kier molecular flexibility index (Phi) is 2.87. The molecule has 6 heteroatoms. The standard InChI is InChI=1S/C13H7BrFN3O/c14-12-4-2-10(7-16-12)18-13(19)11-3-1-9(15)5-8(11)6-17-18/h1-7H. The molecular weight excluding hydrogens is 313 g/mol. The molecule has 2 aromatic heterocycles. The zero-order chi connectivity index (χ0) is 13.4. The fourth-order valence-corrected chi connectivity index (χ4v) is 2.03. The second-order valence-corrected chi connectivity index (χ2v) is 4.74. The van der Waals surface area contributed by atoms with Crippen LogP contribution in [0.15, 0.2) is 52.1 Å². The summed E-state index contributed by atoms with van der Waals surface area (Å²) < 4.78 is 15.0. The molecule has 0 aliphatic heterocycles. The minimum absolute atomic E-state index is 0.304. The third-order valence-electron chi connectivity index (χ3n) is 2.71. The molecule has 0 saturated carbocycles. The van der Waals surface area contributed by atoms with Crippen molar-refractivity contribution in [2.24, 2.45) is 0 Å². The summed E-state index contributed by atoms with van der Waals surface area (Å²) in [5.74, 6) is -0.392. The Morgan fingerprint density at radius 3 is 2.74 bits per heavy atom. The van der Waals surface area contributed by atoms with E-state index in [0.29, 0.717) is 21.1 Å². The van der Waals surface area contributed by atoms with Gasteiger partial charge in [-0.2, -0.15) is 9.78 Å². The zero-order valence-corrected chi connectivity index (χ0v) is 11.1. The highest BCUT2D eigenvalue weighted by Gasteiger charge is 2.07. The first-order chi connectivity index (χ1) is 9.15. The highest BCUT2D eigenvalue weighted by molar-refractivity contribution is 9.10. The maximum Gasteiger partial charge on any atom is 0.279 e. The van der Waals surface area contributed by atoms with Crippen LogP contribution < -0.4 is 5.56 Å². The van der Waals surface area contributed by atoms with Crippen molar-refractivity contribution in [3.05, 3.63) is 63.5 Å². The molecule has 3 rings (SSSR count). The molecule has 0 unspecified atom stereocenters. The predicted octanol–water partition coefficient (Wildman–Crippen LogP) is 2.68. The van der Waals surface area contributed by atoms with Gasteiger partial charge in [-0.3, -0.25) is 4.79 Å². The Bertz CT molecular complexity index is 814. The summed E-state index contributed by atoms with van der Waals surface area (Å²) in [6.07, 6.45) is 3.00. The molecule has 19 heavy (non-hydrogen) atoms. The molecule has 0 bridgehead atoms. The van der Waals surface area contributed by atoms with E-state index in [1.54, 1.807) is 12.1 Å². The van der Waals surface area contributed by atoms with Gasteiger partial charge in [0.25, 0.3) is 5.56 Å². The van der Waals surface area contributed by atoms with Crippen LogP contribution >= 0.6 is 15.9 Å². The van der Waals surface area contributed by atoms with E-state index < -0.39 is 5.82 Å². The first-order valence-corrected chi connectivity index (χ1v) is 6.24. The molecule has 0 radical (unpaired) electrons. The van der Waals surface area contributed by atoms with Crippen LogP contribution in [0.1, 0.15) is 0 Å². The van der Waals surface area contributed by atoms with E-state index in [0.717, 1.165) is 0 Å². The van der Waals surface area contributed by atoms with Gasteiger partial charge in [-0.1, -0.05) is 0 Å². The van der Waals surface area contributed by atoms with Crippen molar-refractivity contribution < 1.29 is 4.39 Å². The van der Waals surface area contributed by atoms with Gasteiger partial charge in [0.2, 0.25) is 0 Å². The first kappa shape index (κ1) is 12.0. The molecule has 2 heterocycles. The molecular formula is C13H7BrFN3O. The van der Waals surface area contributed by atoms with Gasteiger partial charge < -0.3 is 0 Å². The molecule has 3 aromatic rings. The van der Waals surface area contributed by atoms with Crippen LogP contribution in [0.3, 0.4) is 0 Å². The third kappa shape index (κ3) is 2.15. The minimum atomic E-state index is -0.392. The Morgan fingerprint density at radius 1 is 1.16 bits per heavy atom. The number of fused-ring (bicyclic) bond motifs is 1. The number of nitrogens with zero attached hydrogens (tertiary/aromatic N) is 3. The fourth-order valence-electron chi connectivity index (χ4n) is 1.80. The topological polar surface area (TPSA) is 47.8 Å². The van der Waals surface area contributed by atoms with Gasteiger partial charge in [0.05, 0.1) is 23.5 Å². The molecule has 94 valence electrons. The summed E-state index contributed by atoms with van der Waals surface area (Å²) in [4.78, 5) is 16.3. The van der Waals surface area contributed by atoms with Crippen molar-refractivity contribution in [2.75, 3.05) is 0 Å². The van der Waals surface area contributed by atoms with Crippen molar-refractivity contribution in [3.8, 4) is 5.69 Å². The molecule has 0 amide bonds. The van der Waals surface area contributed by atoms with E-state index in [1.807, 2.05) is 0 Å². The molecule has 4 nitrogen and oxygen atoms in total. The first-order valence-electron chi connectivity index (χ1n) is 5.45. The molecule has 0 N–H and O–H groups in total. The van der Waals surface area contributed by atoms with Crippen molar-refractivity contribution >= 4 is 26.7 Å². The number of pyridine rings is 1. The van der Waals surface area contributed by atoms with Crippen molar-refractivity contribution in [1.82, 2.24) is 14.8 Å². The van der Waals surface area contributed by atoms with Gasteiger partial charge in [-0.05, 0) is 46.3 Å². The van der Waals surface area contributed by atoms with Crippen LogP contribution in [-0.4, -0.2) is 14.8 Å². The normalized spacial score (nSPS) is 10.8. The molecule has 0 saturated heterocycles. The molecule has 0 fully saturated rings. The van der Waals surface area contributed by atoms with Gasteiger partial charge >= 0.3 is 0 Å². The smallest absolute Gasteiger partial charge is 0.267 e. The van der Waals surface area contributed by atoms with Crippen LogP contribution in [0.4, 0.5) is 4.39 Å². The summed E-state index contributed by atoms with van der Waals surface area (Å²) in [7, 11) is 0. The number of aromatic nitrogens is 3. The predicted molar refractivity (Wildman–Crippen MR) is 72.8 cm³/mol. The van der Waals surface area contributed by atoms with E-state index in [2.05, 4.69) is 26.0 Å². The van der Waals surface area contributed by atoms with Gasteiger partial charge in [0.1, 0.15) is 10.4 Å². The Morgan fingerprint density at radius 2 is 2.00 bits per heavy atom. The Balaban J connectivity index is 2.26. The number of hydrogen-bond acceptors (Lipinski definition) is 3. The van der Waals surface area contributed by atoms with Gasteiger partial charge in [-0.25, -0.2) is 9.37 Å². The zero-order valence-electron chi connectivity index (χ0n) is 9.55. The lowest BCUT2D eigenvalue weighted by molar-refractivity contribution is 0.629. The fraction of sp³-hybridized carbons (Fsp3) is 0. The van der Waals surface area contributed by atoms with E-state index in [-0.39, 0.29) is 5.56 Å². The SMILES string of the molecule is O=c1c2ccc(F)cc2cnn1-c1ccc(Br)nc1. The van der Waals surface area contributed by atoms with E-state index in [9.17, 15) is 9.18 Å². The lowest BCUT2D eigenvalue weighted by Gasteiger charge is -2.05. The maximum atomic E-state index is 13.1. The van der Waals surface area contributed by atoms with Crippen molar-refractivity contribution in [3.63, 3.8) is 0 Å². The average Bonchev–Trinajstić information content (AvgIpc) is 2.40. The summed E-state index contributed by atoms with van der Waals surface area (Å²) in [5.41, 5.74) is 0.251. The van der Waals surface area contributed by atoms with Gasteiger partial charge in [-0.15, -0.1) is 0 Å². The second-order valence-electron chi connectivity index (χ2n) is 3.93. The third-order valence-corrected chi connectivity index (χ3v) is 3.17. The Hall–Kier alpha value is -2.08. The monoisotopic (exact) mass is 319 g/mol. The summed E-state index contributed by atoms with van der Waals surface area (Å²) in [6.45, 7) is 0. The van der Waals surface area contributed by atoms with Gasteiger partial charge in [0.15, 0.2) is 0 Å². The van der Waals surface area contributed by atoms with Crippen LogP contribution in [0.2, 0.25) is 0 Å². The summed E-state index contributed by atoms with van der Waals surface area (Å²) in [6, 6.07) is 7.44. The maximum absolute atomic E-state index is 13.1. The van der Waals surface area contributed by atoms with Crippen LogP contribution in [0.5, 0.6) is 0 Å². The number of halogens is 2. The van der Waals surface area contributed by atoms with E-state index in [1.165, 1.54) is 35.3 Å². The summed E-state index contributed by atoms with van der Waals surface area (Å²) >= 11 is 3.22. The molecule has 0 spiro atoms. The highest BCUT2D eigenvalue weighted by atomic mass is 79.9.